The van der Waals surface area contributed by atoms with Crippen LogP contribution in [0.2, 0.25) is 0 Å². The SMILES string of the molecule is C[C@@H]1CC(=NNC(=N)N)c2ccccc21.Cl. The van der Waals surface area contributed by atoms with Gasteiger partial charge in [0.05, 0.1) is 5.71 Å². The van der Waals surface area contributed by atoms with E-state index in [9.17, 15) is 0 Å². The molecule has 0 bridgehead atoms. The molecule has 1 aliphatic rings. The molecule has 1 aromatic carbocycles. The van der Waals surface area contributed by atoms with Crippen molar-refractivity contribution in [3.63, 3.8) is 0 Å². The maximum Gasteiger partial charge on any atom is 0.206 e. The molecule has 4 nitrogen and oxygen atoms in total. The van der Waals surface area contributed by atoms with Crippen LogP contribution in [0.1, 0.15) is 30.4 Å². The van der Waals surface area contributed by atoms with Gasteiger partial charge in [0.1, 0.15) is 0 Å². The minimum Gasteiger partial charge on any atom is -0.369 e. The smallest absolute Gasteiger partial charge is 0.206 e. The van der Waals surface area contributed by atoms with Gasteiger partial charge in [0.2, 0.25) is 5.96 Å². The summed E-state index contributed by atoms with van der Waals surface area (Å²) in [7, 11) is 0. The zero-order valence-corrected chi connectivity index (χ0v) is 9.84. The largest absolute Gasteiger partial charge is 0.369 e. The van der Waals surface area contributed by atoms with Gasteiger partial charge in [0.15, 0.2) is 0 Å². The number of rotatable bonds is 1. The summed E-state index contributed by atoms with van der Waals surface area (Å²) >= 11 is 0. The molecule has 0 saturated heterocycles. The predicted octanol–water partition coefficient (Wildman–Crippen LogP) is 1.80. The lowest BCUT2D eigenvalue weighted by molar-refractivity contribution is 0.829. The fraction of sp³-hybridized carbons (Fsp3) is 0.273. The number of halogens is 1. The van der Waals surface area contributed by atoms with Crippen LogP contribution >= 0.6 is 12.4 Å². The van der Waals surface area contributed by atoms with E-state index in [1.165, 1.54) is 11.1 Å². The summed E-state index contributed by atoms with van der Waals surface area (Å²) in [6.45, 7) is 2.18. The molecule has 0 aromatic heterocycles. The summed E-state index contributed by atoms with van der Waals surface area (Å²) in [4.78, 5) is 0. The van der Waals surface area contributed by atoms with E-state index >= 15 is 0 Å². The molecule has 0 heterocycles. The third-order valence-corrected chi connectivity index (χ3v) is 2.61. The molecule has 0 saturated carbocycles. The van der Waals surface area contributed by atoms with Crippen molar-refractivity contribution in [2.24, 2.45) is 10.8 Å². The molecule has 1 aromatic rings. The molecule has 0 amide bonds. The van der Waals surface area contributed by atoms with Gasteiger partial charge in [-0.05, 0) is 17.9 Å². The molecule has 5 heteroatoms. The minimum absolute atomic E-state index is 0. The van der Waals surface area contributed by atoms with Crippen molar-refractivity contribution < 1.29 is 0 Å². The van der Waals surface area contributed by atoms with Crippen LogP contribution in [-0.4, -0.2) is 11.7 Å². The van der Waals surface area contributed by atoms with E-state index in [0.717, 1.165) is 12.1 Å². The standard InChI is InChI=1S/C11H14N4.ClH/c1-7-6-10(14-15-11(12)13)9-5-3-2-4-8(7)9;/h2-5,7H,6H2,1H3,(H4,12,13,15);1H/t7-;/m1./s1. The Morgan fingerprint density at radius 3 is 2.88 bits per heavy atom. The van der Waals surface area contributed by atoms with E-state index in [-0.39, 0.29) is 18.4 Å². The summed E-state index contributed by atoms with van der Waals surface area (Å²) in [6, 6.07) is 8.21. The van der Waals surface area contributed by atoms with Crippen molar-refractivity contribution in [3.05, 3.63) is 35.4 Å². The zero-order chi connectivity index (χ0) is 10.8. The highest BCUT2D eigenvalue weighted by atomic mass is 35.5. The quantitative estimate of drug-likeness (QED) is 0.397. The summed E-state index contributed by atoms with van der Waals surface area (Å²) in [5.74, 6) is 0.369. The average Bonchev–Trinajstić information content (AvgIpc) is 2.54. The molecule has 16 heavy (non-hydrogen) atoms. The normalized spacial score (nSPS) is 20.1. The fourth-order valence-electron chi connectivity index (χ4n) is 1.93. The second kappa shape index (κ2) is 4.99. The van der Waals surface area contributed by atoms with Crippen LogP contribution in [0.25, 0.3) is 0 Å². The number of guanidine groups is 1. The molecular formula is C11H15ClN4. The Bertz CT molecular complexity index is 428. The lowest BCUT2D eigenvalue weighted by Gasteiger charge is -2.00. The van der Waals surface area contributed by atoms with Crippen molar-refractivity contribution in [1.29, 1.82) is 5.41 Å². The Morgan fingerprint density at radius 2 is 2.19 bits per heavy atom. The Balaban J connectivity index is 0.00000128. The molecule has 4 N–H and O–H groups in total. The maximum atomic E-state index is 7.05. The Kier molecular flexibility index (Phi) is 3.90. The topological polar surface area (TPSA) is 74.3 Å². The van der Waals surface area contributed by atoms with Crippen LogP contribution in [0.4, 0.5) is 0 Å². The molecule has 2 rings (SSSR count). The lowest BCUT2D eigenvalue weighted by atomic mass is 10.0. The third kappa shape index (κ3) is 2.33. The van der Waals surface area contributed by atoms with E-state index in [0.29, 0.717) is 5.92 Å². The molecule has 1 aliphatic carbocycles. The van der Waals surface area contributed by atoms with E-state index in [1.54, 1.807) is 0 Å². The van der Waals surface area contributed by atoms with Crippen LogP contribution in [0.5, 0.6) is 0 Å². The summed E-state index contributed by atoms with van der Waals surface area (Å²) in [5, 5.41) is 11.2. The Morgan fingerprint density at radius 1 is 1.50 bits per heavy atom. The molecule has 0 spiro atoms. The van der Waals surface area contributed by atoms with E-state index in [4.69, 9.17) is 11.1 Å². The van der Waals surface area contributed by atoms with E-state index in [1.807, 2.05) is 12.1 Å². The van der Waals surface area contributed by atoms with Gasteiger partial charge >= 0.3 is 0 Å². The number of nitrogens with one attached hydrogen (secondary N) is 2. The van der Waals surface area contributed by atoms with Gasteiger partial charge in [0, 0.05) is 5.56 Å². The molecule has 0 aliphatic heterocycles. The molecule has 0 radical (unpaired) electrons. The van der Waals surface area contributed by atoms with Crippen molar-refractivity contribution in [3.8, 4) is 0 Å². The van der Waals surface area contributed by atoms with Gasteiger partial charge < -0.3 is 5.73 Å². The predicted molar refractivity (Wildman–Crippen MR) is 68.3 cm³/mol. The molecule has 1 atom stereocenters. The molecular weight excluding hydrogens is 224 g/mol. The van der Waals surface area contributed by atoms with Gasteiger partial charge in [-0.1, -0.05) is 31.2 Å². The number of hydrazone groups is 1. The van der Waals surface area contributed by atoms with E-state index < -0.39 is 0 Å². The second-order valence-corrected chi connectivity index (χ2v) is 3.78. The van der Waals surface area contributed by atoms with Gasteiger partial charge in [0.25, 0.3) is 0 Å². The first-order valence-corrected chi connectivity index (χ1v) is 4.94. The van der Waals surface area contributed by atoms with Crippen LogP contribution in [-0.2, 0) is 0 Å². The van der Waals surface area contributed by atoms with Crippen molar-refractivity contribution in [1.82, 2.24) is 5.43 Å². The van der Waals surface area contributed by atoms with Crippen molar-refractivity contribution >= 4 is 24.1 Å². The monoisotopic (exact) mass is 238 g/mol. The van der Waals surface area contributed by atoms with Crippen LogP contribution in [0.3, 0.4) is 0 Å². The first-order valence-electron chi connectivity index (χ1n) is 4.94. The van der Waals surface area contributed by atoms with Crippen molar-refractivity contribution in [2.45, 2.75) is 19.3 Å². The van der Waals surface area contributed by atoms with Gasteiger partial charge in [-0.15, -0.1) is 12.4 Å². The number of hydrogen-bond acceptors (Lipinski definition) is 2. The number of benzene rings is 1. The van der Waals surface area contributed by atoms with Gasteiger partial charge in [-0.2, -0.15) is 5.10 Å². The van der Waals surface area contributed by atoms with Crippen LogP contribution in [0, 0.1) is 5.41 Å². The highest BCUT2D eigenvalue weighted by molar-refractivity contribution is 6.05. The molecule has 0 fully saturated rings. The summed E-state index contributed by atoms with van der Waals surface area (Å²) in [6.07, 6.45) is 0.902. The number of nitrogens with zero attached hydrogens (tertiary/aromatic N) is 1. The molecule has 86 valence electrons. The van der Waals surface area contributed by atoms with Crippen LogP contribution in [0.15, 0.2) is 29.4 Å². The summed E-state index contributed by atoms with van der Waals surface area (Å²) < 4.78 is 0. The van der Waals surface area contributed by atoms with Crippen molar-refractivity contribution in [2.75, 3.05) is 0 Å². The zero-order valence-electron chi connectivity index (χ0n) is 9.03. The second-order valence-electron chi connectivity index (χ2n) is 3.78. The van der Waals surface area contributed by atoms with Gasteiger partial charge in [-0.25, -0.2) is 5.43 Å². The highest BCUT2D eigenvalue weighted by Gasteiger charge is 2.23. The number of nitrogens with two attached hydrogens (primary N) is 1. The highest BCUT2D eigenvalue weighted by Crippen LogP contribution is 2.32. The number of hydrogen-bond donors (Lipinski definition) is 3. The Labute approximate surface area is 101 Å². The number of fused-ring (bicyclic) bond motifs is 1. The third-order valence-electron chi connectivity index (χ3n) is 2.61. The average molecular weight is 239 g/mol. The van der Waals surface area contributed by atoms with E-state index in [2.05, 4.69) is 29.6 Å². The first kappa shape index (κ1) is 12.5. The lowest BCUT2D eigenvalue weighted by Crippen LogP contribution is -2.26. The fourth-order valence-corrected chi connectivity index (χ4v) is 1.93. The maximum absolute atomic E-state index is 7.05. The first-order chi connectivity index (χ1) is 7.18. The summed E-state index contributed by atoms with van der Waals surface area (Å²) in [5.41, 5.74) is 11.2. The van der Waals surface area contributed by atoms with Gasteiger partial charge in [-0.3, -0.25) is 5.41 Å². The molecule has 0 unspecified atom stereocenters. The van der Waals surface area contributed by atoms with Crippen LogP contribution < -0.4 is 11.2 Å². The minimum atomic E-state index is -0.125. The Hall–Kier alpha value is -1.55.